The van der Waals surface area contributed by atoms with Crippen molar-refractivity contribution >= 4 is 5.91 Å². The van der Waals surface area contributed by atoms with Crippen molar-refractivity contribution in [2.45, 2.75) is 46.5 Å². The number of hydrogen-bond donors (Lipinski definition) is 2. The van der Waals surface area contributed by atoms with E-state index in [0.717, 1.165) is 44.7 Å². The number of hydrogen-bond acceptors (Lipinski definition) is 2. The summed E-state index contributed by atoms with van der Waals surface area (Å²) in [5, 5.41) is 3.52. The van der Waals surface area contributed by atoms with Crippen LogP contribution in [0.15, 0.2) is 0 Å². The molecule has 16 heavy (non-hydrogen) atoms. The molecule has 0 spiro atoms. The Bertz CT molecular complexity index is 225. The lowest BCUT2D eigenvalue weighted by atomic mass is 9.81. The van der Waals surface area contributed by atoms with Gasteiger partial charge in [0.1, 0.15) is 0 Å². The van der Waals surface area contributed by atoms with E-state index in [1.807, 2.05) is 0 Å². The summed E-state index contributed by atoms with van der Waals surface area (Å²) >= 11 is 0. The van der Waals surface area contributed by atoms with Crippen molar-refractivity contribution in [1.29, 1.82) is 0 Å². The molecule has 1 aliphatic carbocycles. The highest BCUT2D eigenvalue weighted by Crippen LogP contribution is 2.28. The van der Waals surface area contributed by atoms with Crippen LogP contribution in [0, 0.1) is 17.3 Å². The van der Waals surface area contributed by atoms with Crippen molar-refractivity contribution in [2.24, 2.45) is 23.0 Å². The molecule has 1 saturated carbocycles. The molecule has 0 aromatic rings. The lowest BCUT2D eigenvalue weighted by Crippen LogP contribution is -2.34. The van der Waals surface area contributed by atoms with E-state index in [-0.39, 0.29) is 11.8 Å². The topological polar surface area (TPSA) is 55.1 Å². The van der Waals surface area contributed by atoms with E-state index in [4.69, 9.17) is 5.73 Å². The summed E-state index contributed by atoms with van der Waals surface area (Å²) in [6, 6.07) is 0. The number of nitrogens with one attached hydrogen (secondary N) is 1. The van der Waals surface area contributed by atoms with Gasteiger partial charge in [-0.25, -0.2) is 0 Å². The summed E-state index contributed by atoms with van der Waals surface area (Å²) in [4.78, 5) is 11.0. The molecular formula is C13H26N2O. The smallest absolute Gasteiger partial charge is 0.220 e. The van der Waals surface area contributed by atoms with Gasteiger partial charge < -0.3 is 11.1 Å². The van der Waals surface area contributed by atoms with Crippen LogP contribution in [-0.2, 0) is 4.79 Å². The fourth-order valence-corrected chi connectivity index (χ4v) is 2.30. The van der Waals surface area contributed by atoms with Crippen molar-refractivity contribution in [3.8, 4) is 0 Å². The van der Waals surface area contributed by atoms with E-state index < -0.39 is 0 Å². The van der Waals surface area contributed by atoms with E-state index in [2.05, 4.69) is 26.1 Å². The molecule has 0 aromatic heterocycles. The van der Waals surface area contributed by atoms with Crippen LogP contribution >= 0.6 is 0 Å². The summed E-state index contributed by atoms with van der Waals surface area (Å²) in [5.74, 6) is 0.762. The molecular weight excluding hydrogens is 200 g/mol. The zero-order valence-corrected chi connectivity index (χ0v) is 10.9. The Morgan fingerprint density at radius 1 is 1.25 bits per heavy atom. The molecule has 0 radical (unpaired) electrons. The molecule has 0 heterocycles. The fraction of sp³-hybridized carbons (Fsp3) is 0.923. The van der Waals surface area contributed by atoms with E-state index in [9.17, 15) is 4.79 Å². The minimum Gasteiger partial charge on any atom is -0.369 e. The summed E-state index contributed by atoms with van der Waals surface area (Å²) in [6.45, 7) is 8.86. The van der Waals surface area contributed by atoms with Crippen LogP contribution in [0.1, 0.15) is 46.5 Å². The van der Waals surface area contributed by atoms with Gasteiger partial charge in [0.05, 0.1) is 0 Å². The first-order chi connectivity index (χ1) is 7.38. The first kappa shape index (κ1) is 13.5. The second-order valence-electron chi connectivity index (χ2n) is 6.31. The zero-order chi connectivity index (χ0) is 12.2. The molecule has 0 aliphatic heterocycles. The van der Waals surface area contributed by atoms with Crippen molar-refractivity contribution in [3.63, 3.8) is 0 Å². The largest absolute Gasteiger partial charge is 0.369 e. The molecule has 3 N–H and O–H groups in total. The van der Waals surface area contributed by atoms with Gasteiger partial charge in [-0.1, -0.05) is 20.8 Å². The Labute approximate surface area is 99.2 Å². The summed E-state index contributed by atoms with van der Waals surface area (Å²) in [7, 11) is 0. The van der Waals surface area contributed by atoms with Crippen LogP contribution in [0.3, 0.4) is 0 Å². The van der Waals surface area contributed by atoms with Crippen molar-refractivity contribution in [3.05, 3.63) is 0 Å². The first-order valence-corrected chi connectivity index (χ1v) is 6.38. The molecule has 3 nitrogen and oxygen atoms in total. The monoisotopic (exact) mass is 226 g/mol. The van der Waals surface area contributed by atoms with Gasteiger partial charge in [-0.3, -0.25) is 4.79 Å². The Kier molecular flexibility index (Phi) is 4.78. The van der Waals surface area contributed by atoms with Crippen LogP contribution in [-0.4, -0.2) is 19.0 Å². The first-order valence-electron chi connectivity index (χ1n) is 6.38. The maximum Gasteiger partial charge on any atom is 0.220 e. The molecule has 1 fully saturated rings. The molecule has 1 aliphatic rings. The molecule has 3 heteroatoms. The van der Waals surface area contributed by atoms with Gasteiger partial charge >= 0.3 is 0 Å². The Morgan fingerprint density at radius 2 is 1.81 bits per heavy atom. The van der Waals surface area contributed by atoms with E-state index in [1.54, 1.807) is 0 Å². The quantitative estimate of drug-likeness (QED) is 0.769. The maximum absolute atomic E-state index is 11.0. The van der Waals surface area contributed by atoms with Crippen LogP contribution in [0.4, 0.5) is 0 Å². The average Bonchev–Trinajstić information content (AvgIpc) is 2.16. The lowest BCUT2D eigenvalue weighted by Gasteiger charge is -2.28. The van der Waals surface area contributed by atoms with Crippen LogP contribution in [0.5, 0.6) is 0 Å². The van der Waals surface area contributed by atoms with Gasteiger partial charge in [0.2, 0.25) is 5.91 Å². The molecule has 0 saturated heterocycles. The Hall–Kier alpha value is -0.570. The molecule has 0 bridgehead atoms. The van der Waals surface area contributed by atoms with Gasteiger partial charge in [-0.2, -0.15) is 0 Å². The summed E-state index contributed by atoms with van der Waals surface area (Å²) in [5.41, 5.74) is 5.67. The summed E-state index contributed by atoms with van der Waals surface area (Å²) < 4.78 is 0. The minimum atomic E-state index is -0.110. The van der Waals surface area contributed by atoms with Crippen molar-refractivity contribution in [1.82, 2.24) is 5.32 Å². The number of amides is 1. The number of rotatable bonds is 4. The van der Waals surface area contributed by atoms with E-state index >= 15 is 0 Å². The second kappa shape index (κ2) is 5.67. The third kappa shape index (κ3) is 4.97. The van der Waals surface area contributed by atoms with Gasteiger partial charge in [-0.15, -0.1) is 0 Å². The minimum absolute atomic E-state index is 0.110. The highest BCUT2D eigenvalue weighted by Gasteiger charge is 2.24. The molecule has 0 unspecified atom stereocenters. The number of carbonyl (C=O) groups excluding carboxylic acids is 1. The Morgan fingerprint density at radius 3 is 2.25 bits per heavy atom. The molecule has 1 amide bonds. The van der Waals surface area contributed by atoms with Crippen molar-refractivity contribution < 1.29 is 4.79 Å². The van der Waals surface area contributed by atoms with Crippen LogP contribution in [0.2, 0.25) is 0 Å². The number of carbonyl (C=O) groups is 1. The summed E-state index contributed by atoms with van der Waals surface area (Å²) in [6.07, 6.45) is 4.25. The molecule has 0 atom stereocenters. The molecule has 0 aromatic carbocycles. The van der Waals surface area contributed by atoms with Crippen molar-refractivity contribution in [2.75, 3.05) is 13.1 Å². The van der Waals surface area contributed by atoms with Gasteiger partial charge in [0.25, 0.3) is 0 Å². The average molecular weight is 226 g/mol. The zero-order valence-electron chi connectivity index (χ0n) is 10.9. The molecule has 1 rings (SSSR count). The second-order valence-corrected chi connectivity index (χ2v) is 6.31. The standard InChI is InChI=1S/C13H26N2O/c1-13(2,3)9-15-8-10-4-6-11(7-5-10)12(14)16/h10-11,15H,4-9H2,1-3H3,(H2,14,16). The normalized spacial score (nSPS) is 26.7. The van der Waals surface area contributed by atoms with Gasteiger partial charge in [-0.05, 0) is 50.1 Å². The highest BCUT2D eigenvalue weighted by atomic mass is 16.1. The van der Waals surface area contributed by atoms with Gasteiger partial charge in [0, 0.05) is 5.92 Å². The predicted molar refractivity (Wildman–Crippen MR) is 67.0 cm³/mol. The third-order valence-corrected chi connectivity index (χ3v) is 3.34. The Balaban J connectivity index is 2.15. The number of primary amides is 1. The van der Waals surface area contributed by atoms with E-state index in [1.165, 1.54) is 0 Å². The van der Waals surface area contributed by atoms with Crippen LogP contribution < -0.4 is 11.1 Å². The molecule has 94 valence electrons. The van der Waals surface area contributed by atoms with Gasteiger partial charge in [0.15, 0.2) is 0 Å². The maximum atomic E-state index is 11.0. The predicted octanol–water partition coefficient (Wildman–Crippen LogP) is 1.91. The highest BCUT2D eigenvalue weighted by molar-refractivity contribution is 5.76. The lowest BCUT2D eigenvalue weighted by molar-refractivity contribution is -0.122. The SMILES string of the molecule is CC(C)(C)CNCC1CCC(C(N)=O)CC1. The van der Waals surface area contributed by atoms with Crippen LogP contribution in [0.25, 0.3) is 0 Å². The third-order valence-electron chi connectivity index (χ3n) is 3.34. The van der Waals surface area contributed by atoms with E-state index in [0.29, 0.717) is 5.41 Å². The number of nitrogens with two attached hydrogens (primary N) is 1. The fourth-order valence-electron chi connectivity index (χ4n) is 2.30.